The molecular weight excluding hydrogens is 648 g/mol. The Kier molecular flexibility index (Phi) is 9.66. The molecule has 2 aliphatic rings. The standard InChI is InChI=1S/C32H35F6N5O5/c1-16-27(18(3)48-41-16)24-13-39-29(42(4)14-20-7-5-19(6-8-20)9-26(44)45)25(40-24)15-43-17(2)28(47-30(43)46)21-10-22(31(33,34)35)12-23(11-21)32(36,37)38/h10-13,17,19-20,28H,5-9,14-15H2,1-4H3,(H,44,45)/t17-,19?,20?,28?/m0/s1. The van der Waals surface area contributed by atoms with Gasteiger partial charge in [0.1, 0.15) is 17.6 Å². The molecule has 1 aromatic carbocycles. The molecule has 3 heterocycles. The second-order valence-electron chi connectivity index (χ2n) is 12.6. The van der Waals surface area contributed by atoms with Crippen LogP contribution in [0.1, 0.15) is 79.0 Å². The summed E-state index contributed by atoms with van der Waals surface area (Å²) < 4.78 is 92.2. The Labute approximate surface area is 272 Å². The number of amides is 1. The minimum absolute atomic E-state index is 0.0270. The highest BCUT2D eigenvalue weighted by molar-refractivity contribution is 5.72. The molecule has 5 rings (SSSR count). The van der Waals surface area contributed by atoms with Crippen LogP contribution in [0.25, 0.3) is 11.3 Å². The quantitative estimate of drug-likeness (QED) is 0.228. The van der Waals surface area contributed by atoms with Gasteiger partial charge < -0.3 is 19.3 Å². The molecule has 1 aliphatic heterocycles. The first-order valence-electron chi connectivity index (χ1n) is 15.4. The third kappa shape index (κ3) is 7.51. The van der Waals surface area contributed by atoms with Gasteiger partial charge in [0.2, 0.25) is 0 Å². The Hall–Kier alpha value is -4.37. The van der Waals surface area contributed by atoms with E-state index in [1.807, 2.05) is 11.9 Å². The SMILES string of the molecule is Cc1noc(C)c1-c1cnc(N(C)CC2CCC(CC(=O)O)CC2)c(CN2C(=O)OC(c3cc(C(F)(F)F)cc(C(F)(F)F)c3)[C@@H]2C)n1. The van der Waals surface area contributed by atoms with E-state index in [-0.39, 0.29) is 30.9 Å². The number of aromatic nitrogens is 3. The largest absolute Gasteiger partial charge is 0.481 e. The van der Waals surface area contributed by atoms with Crippen molar-refractivity contribution < 1.29 is 50.3 Å². The summed E-state index contributed by atoms with van der Waals surface area (Å²) in [5.41, 5.74) is -1.59. The molecule has 260 valence electrons. The van der Waals surface area contributed by atoms with Crippen molar-refractivity contribution in [3.8, 4) is 11.3 Å². The Morgan fingerprint density at radius 1 is 1.02 bits per heavy atom. The van der Waals surface area contributed by atoms with Crippen molar-refractivity contribution in [3.05, 3.63) is 58.2 Å². The summed E-state index contributed by atoms with van der Waals surface area (Å²) in [4.78, 5) is 36.9. The number of carboxylic acids is 1. The molecule has 3 aromatic rings. The number of nitrogens with zero attached hydrogens (tertiary/aromatic N) is 5. The molecule has 1 saturated heterocycles. The van der Waals surface area contributed by atoms with Crippen molar-refractivity contribution in [2.45, 2.75) is 83.9 Å². The summed E-state index contributed by atoms with van der Waals surface area (Å²) in [6.07, 6.45) is -7.64. The molecule has 1 N–H and O–H groups in total. The van der Waals surface area contributed by atoms with Gasteiger partial charge >= 0.3 is 24.4 Å². The maximum atomic E-state index is 13.6. The van der Waals surface area contributed by atoms with Gasteiger partial charge in [0.05, 0.1) is 46.9 Å². The van der Waals surface area contributed by atoms with Gasteiger partial charge in [0.25, 0.3) is 0 Å². The second kappa shape index (κ2) is 13.3. The van der Waals surface area contributed by atoms with Crippen LogP contribution in [-0.2, 0) is 28.4 Å². The van der Waals surface area contributed by atoms with E-state index < -0.39 is 53.3 Å². The summed E-state index contributed by atoms with van der Waals surface area (Å²) in [5, 5.41) is 13.1. The lowest BCUT2D eigenvalue weighted by Crippen LogP contribution is -2.34. The molecule has 0 spiro atoms. The first-order valence-corrected chi connectivity index (χ1v) is 15.4. The lowest BCUT2D eigenvalue weighted by Gasteiger charge is -2.32. The summed E-state index contributed by atoms with van der Waals surface area (Å²) in [6, 6.07) is 0.179. The first kappa shape index (κ1) is 35.0. The Balaban J connectivity index is 1.45. The zero-order valence-corrected chi connectivity index (χ0v) is 26.7. The van der Waals surface area contributed by atoms with Crippen LogP contribution in [0, 0.1) is 25.7 Å². The van der Waals surface area contributed by atoms with E-state index in [2.05, 4.69) is 10.1 Å². The molecule has 1 aliphatic carbocycles. The lowest BCUT2D eigenvalue weighted by molar-refractivity contribution is -0.143. The summed E-state index contributed by atoms with van der Waals surface area (Å²) in [7, 11) is 1.81. The minimum Gasteiger partial charge on any atom is -0.481 e. The number of anilines is 1. The molecule has 2 aromatic heterocycles. The van der Waals surface area contributed by atoms with Crippen LogP contribution in [0.2, 0.25) is 0 Å². The zero-order chi connectivity index (χ0) is 35.1. The van der Waals surface area contributed by atoms with E-state index in [0.29, 0.717) is 52.9 Å². The number of hydrogen-bond acceptors (Lipinski definition) is 8. The second-order valence-corrected chi connectivity index (χ2v) is 12.6. The minimum atomic E-state index is -5.06. The smallest absolute Gasteiger partial charge is 0.416 e. The highest BCUT2D eigenvalue weighted by Crippen LogP contribution is 2.41. The molecule has 10 nitrogen and oxygen atoms in total. The molecule has 48 heavy (non-hydrogen) atoms. The van der Waals surface area contributed by atoms with E-state index >= 15 is 0 Å². The monoisotopic (exact) mass is 683 g/mol. The number of aryl methyl sites for hydroxylation is 2. The molecule has 0 bridgehead atoms. The number of carbonyl (C=O) groups is 2. The van der Waals surface area contributed by atoms with E-state index in [1.54, 1.807) is 20.0 Å². The van der Waals surface area contributed by atoms with Gasteiger partial charge in [-0.15, -0.1) is 0 Å². The van der Waals surface area contributed by atoms with Gasteiger partial charge in [-0.05, 0) is 82.1 Å². The fourth-order valence-corrected chi connectivity index (χ4v) is 6.62. The highest BCUT2D eigenvalue weighted by Gasteiger charge is 2.44. The maximum Gasteiger partial charge on any atom is 0.416 e. The average molecular weight is 684 g/mol. The van der Waals surface area contributed by atoms with Crippen molar-refractivity contribution in [2.75, 3.05) is 18.5 Å². The van der Waals surface area contributed by atoms with Gasteiger partial charge in [0.15, 0.2) is 5.82 Å². The highest BCUT2D eigenvalue weighted by atomic mass is 19.4. The van der Waals surface area contributed by atoms with Crippen molar-refractivity contribution in [2.24, 2.45) is 11.8 Å². The van der Waals surface area contributed by atoms with E-state index in [1.165, 1.54) is 11.8 Å². The molecule has 1 unspecified atom stereocenters. The topological polar surface area (TPSA) is 122 Å². The third-order valence-corrected chi connectivity index (χ3v) is 9.09. The van der Waals surface area contributed by atoms with Crippen LogP contribution >= 0.6 is 0 Å². The van der Waals surface area contributed by atoms with Crippen molar-refractivity contribution in [3.63, 3.8) is 0 Å². The van der Waals surface area contributed by atoms with Gasteiger partial charge in [0, 0.05) is 20.0 Å². The molecule has 1 saturated carbocycles. The van der Waals surface area contributed by atoms with Crippen LogP contribution < -0.4 is 4.90 Å². The normalized spacial score (nSPS) is 21.8. The Morgan fingerprint density at radius 3 is 2.17 bits per heavy atom. The summed E-state index contributed by atoms with van der Waals surface area (Å²) >= 11 is 0. The summed E-state index contributed by atoms with van der Waals surface area (Å²) in [5.74, 6) is 0.430. The number of rotatable bonds is 9. The number of carbonyl (C=O) groups excluding carboxylic acids is 1. The van der Waals surface area contributed by atoms with Crippen molar-refractivity contribution in [1.82, 2.24) is 20.0 Å². The lowest BCUT2D eigenvalue weighted by atomic mass is 9.80. The zero-order valence-electron chi connectivity index (χ0n) is 26.7. The van der Waals surface area contributed by atoms with Crippen LogP contribution in [0.15, 0.2) is 28.9 Å². The molecule has 2 atom stereocenters. The van der Waals surface area contributed by atoms with Crippen molar-refractivity contribution in [1.29, 1.82) is 0 Å². The molecule has 1 amide bonds. The first-order chi connectivity index (χ1) is 22.4. The van der Waals surface area contributed by atoms with Crippen LogP contribution in [-0.4, -0.2) is 56.8 Å². The third-order valence-electron chi connectivity index (χ3n) is 9.09. The molecule has 16 heteroatoms. The average Bonchev–Trinajstić information content (AvgIpc) is 3.48. The van der Waals surface area contributed by atoms with E-state index in [9.17, 15) is 35.9 Å². The number of ether oxygens (including phenoxy) is 1. The number of aliphatic carboxylic acids is 1. The Morgan fingerprint density at radius 2 is 1.62 bits per heavy atom. The van der Waals surface area contributed by atoms with Gasteiger partial charge in [-0.2, -0.15) is 26.3 Å². The Bertz CT molecular complexity index is 1620. The molecule has 2 fully saturated rings. The maximum absolute atomic E-state index is 13.6. The van der Waals surface area contributed by atoms with Gasteiger partial charge in [-0.3, -0.25) is 9.69 Å². The van der Waals surface area contributed by atoms with Crippen LogP contribution in [0.5, 0.6) is 0 Å². The number of cyclic esters (lactones) is 1. The number of benzene rings is 1. The fourth-order valence-electron chi connectivity index (χ4n) is 6.62. The number of halogens is 6. The van der Waals surface area contributed by atoms with E-state index in [0.717, 1.165) is 25.7 Å². The molecule has 0 radical (unpaired) electrons. The van der Waals surface area contributed by atoms with Crippen LogP contribution in [0.4, 0.5) is 37.0 Å². The number of alkyl halides is 6. The summed E-state index contributed by atoms with van der Waals surface area (Å²) in [6.45, 7) is 5.25. The number of carboxylic acid groups (broad SMARTS) is 1. The number of hydrogen-bond donors (Lipinski definition) is 1. The van der Waals surface area contributed by atoms with Gasteiger partial charge in [-0.25, -0.2) is 14.8 Å². The molecular formula is C32H35F6N5O5. The van der Waals surface area contributed by atoms with E-state index in [4.69, 9.17) is 19.4 Å². The fraction of sp³-hybridized carbons (Fsp3) is 0.531. The predicted molar refractivity (Wildman–Crippen MR) is 159 cm³/mol. The van der Waals surface area contributed by atoms with Gasteiger partial charge in [-0.1, -0.05) is 5.16 Å². The van der Waals surface area contributed by atoms with Crippen LogP contribution in [0.3, 0.4) is 0 Å². The predicted octanol–water partition coefficient (Wildman–Crippen LogP) is 7.59. The van der Waals surface area contributed by atoms with Crippen molar-refractivity contribution >= 4 is 17.9 Å².